The minimum absolute atomic E-state index is 0.0285. The first-order chi connectivity index (χ1) is 9.08. The molecule has 2 N–H and O–H groups in total. The summed E-state index contributed by atoms with van der Waals surface area (Å²) in [6.07, 6.45) is 1.46. The lowest BCUT2D eigenvalue weighted by molar-refractivity contribution is -0.384. The third kappa shape index (κ3) is 2.95. The van der Waals surface area contributed by atoms with Gasteiger partial charge in [0.15, 0.2) is 0 Å². The molecular weight excluding hydrogens is 248 g/mol. The molecule has 19 heavy (non-hydrogen) atoms. The number of rotatable bonds is 4. The van der Waals surface area contributed by atoms with Crippen molar-refractivity contribution in [2.45, 2.75) is 13.5 Å². The number of non-ortho nitro benzene ring substituents is 1. The van der Waals surface area contributed by atoms with Gasteiger partial charge in [0, 0.05) is 24.4 Å². The summed E-state index contributed by atoms with van der Waals surface area (Å²) in [5, 5.41) is 19.7. The van der Waals surface area contributed by atoms with Crippen LogP contribution in [0.3, 0.4) is 0 Å². The Morgan fingerprint density at radius 3 is 2.63 bits per heavy atom. The topological polar surface area (TPSA) is 101 Å². The number of benzene rings is 1. The number of carbonyl (C=O) groups is 1. The Bertz CT molecular complexity index is 604. The number of hydrogen-bond donors (Lipinski definition) is 2. The molecule has 0 saturated heterocycles. The number of amides is 1. The number of nitrogens with zero attached hydrogens (tertiary/aromatic N) is 2. The number of hydrogen-bond acceptors (Lipinski definition) is 4. The zero-order valence-corrected chi connectivity index (χ0v) is 10.2. The van der Waals surface area contributed by atoms with Crippen LogP contribution in [0.25, 0.3) is 0 Å². The predicted octanol–water partition coefficient (Wildman–Crippen LogP) is 1.56. The van der Waals surface area contributed by atoms with Crippen LogP contribution in [0.4, 0.5) is 5.69 Å². The molecule has 1 aromatic carbocycles. The zero-order valence-electron chi connectivity index (χ0n) is 10.2. The summed E-state index contributed by atoms with van der Waals surface area (Å²) in [6, 6.07) is 6.04. The Balaban J connectivity index is 1.97. The van der Waals surface area contributed by atoms with Crippen LogP contribution in [0, 0.1) is 17.0 Å². The van der Waals surface area contributed by atoms with E-state index in [0.717, 1.165) is 5.56 Å². The van der Waals surface area contributed by atoms with Crippen LogP contribution in [-0.2, 0) is 6.54 Å². The van der Waals surface area contributed by atoms with E-state index in [2.05, 4.69) is 15.5 Å². The maximum absolute atomic E-state index is 11.8. The van der Waals surface area contributed by atoms with E-state index in [4.69, 9.17) is 0 Å². The van der Waals surface area contributed by atoms with Gasteiger partial charge in [-0.2, -0.15) is 5.10 Å². The van der Waals surface area contributed by atoms with Crippen molar-refractivity contribution in [1.82, 2.24) is 15.5 Å². The molecule has 7 heteroatoms. The van der Waals surface area contributed by atoms with E-state index < -0.39 is 4.92 Å². The summed E-state index contributed by atoms with van der Waals surface area (Å²) in [5.41, 5.74) is 2.00. The number of aromatic nitrogens is 2. The quantitative estimate of drug-likeness (QED) is 0.643. The van der Waals surface area contributed by atoms with E-state index >= 15 is 0 Å². The number of carbonyl (C=O) groups excluding carboxylic acids is 1. The average Bonchev–Trinajstić information content (AvgIpc) is 2.83. The van der Waals surface area contributed by atoms with Gasteiger partial charge in [-0.1, -0.05) is 12.1 Å². The van der Waals surface area contributed by atoms with Crippen molar-refractivity contribution in [3.8, 4) is 0 Å². The summed E-state index contributed by atoms with van der Waals surface area (Å²) in [6.45, 7) is 2.06. The molecule has 0 radical (unpaired) electrons. The van der Waals surface area contributed by atoms with Crippen molar-refractivity contribution in [1.29, 1.82) is 0 Å². The monoisotopic (exact) mass is 260 g/mol. The highest BCUT2D eigenvalue weighted by Gasteiger charge is 2.10. The van der Waals surface area contributed by atoms with E-state index in [1.54, 1.807) is 19.1 Å². The van der Waals surface area contributed by atoms with Gasteiger partial charge >= 0.3 is 0 Å². The van der Waals surface area contributed by atoms with Gasteiger partial charge in [-0.15, -0.1) is 0 Å². The fourth-order valence-electron chi connectivity index (χ4n) is 1.59. The van der Waals surface area contributed by atoms with Gasteiger partial charge < -0.3 is 5.32 Å². The van der Waals surface area contributed by atoms with Gasteiger partial charge in [0.25, 0.3) is 11.6 Å². The van der Waals surface area contributed by atoms with E-state index in [-0.39, 0.29) is 11.6 Å². The number of nitro groups is 1. The Morgan fingerprint density at radius 2 is 2.11 bits per heavy atom. The molecular formula is C12H12N4O3. The second-order valence-electron chi connectivity index (χ2n) is 4.01. The summed E-state index contributed by atoms with van der Waals surface area (Å²) in [7, 11) is 0. The fourth-order valence-corrected chi connectivity index (χ4v) is 1.59. The van der Waals surface area contributed by atoms with Crippen molar-refractivity contribution in [2.24, 2.45) is 0 Å². The van der Waals surface area contributed by atoms with Crippen molar-refractivity contribution in [3.63, 3.8) is 0 Å². The van der Waals surface area contributed by atoms with Crippen LogP contribution in [0.2, 0.25) is 0 Å². The van der Waals surface area contributed by atoms with Crippen molar-refractivity contribution in [3.05, 3.63) is 57.4 Å². The normalized spacial score (nSPS) is 10.2. The molecule has 0 aliphatic carbocycles. The van der Waals surface area contributed by atoms with Gasteiger partial charge in [-0.3, -0.25) is 20.0 Å². The maximum atomic E-state index is 11.8. The van der Waals surface area contributed by atoms with Crippen LogP contribution in [0.5, 0.6) is 0 Å². The van der Waals surface area contributed by atoms with Crippen molar-refractivity contribution >= 4 is 11.6 Å². The van der Waals surface area contributed by atoms with Gasteiger partial charge in [-0.05, 0) is 12.5 Å². The number of aryl methyl sites for hydroxylation is 1. The van der Waals surface area contributed by atoms with Crippen LogP contribution in [0.1, 0.15) is 21.6 Å². The Labute approximate surface area is 108 Å². The lowest BCUT2D eigenvalue weighted by Crippen LogP contribution is -2.23. The SMILES string of the molecule is Cc1[nH]ncc1C(=O)NCc1ccc([N+](=O)[O-])cc1. The van der Waals surface area contributed by atoms with E-state index in [1.807, 2.05) is 0 Å². The molecule has 2 rings (SSSR count). The third-order valence-corrected chi connectivity index (χ3v) is 2.67. The standard InChI is InChI=1S/C12H12N4O3/c1-8-11(7-14-15-8)12(17)13-6-9-2-4-10(5-3-9)16(18)19/h2-5,7H,6H2,1H3,(H,13,17)(H,14,15). The Hall–Kier alpha value is -2.70. The molecule has 0 aliphatic rings. The molecule has 0 saturated carbocycles. The fraction of sp³-hybridized carbons (Fsp3) is 0.167. The highest BCUT2D eigenvalue weighted by Crippen LogP contribution is 2.12. The van der Waals surface area contributed by atoms with Gasteiger partial charge in [0.1, 0.15) is 0 Å². The smallest absolute Gasteiger partial charge is 0.269 e. The first-order valence-corrected chi connectivity index (χ1v) is 5.59. The summed E-state index contributed by atoms with van der Waals surface area (Å²) < 4.78 is 0. The molecule has 1 aromatic heterocycles. The Morgan fingerprint density at radius 1 is 1.42 bits per heavy atom. The molecule has 0 spiro atoms. The molecule has 1 amide bonds. The molecule has 0 atom stereocenters. The highest BCUT2D eigenvalue weighted by atomic mass is 16.6. The lowest BCUT2D eigenvalue weighted by atomic mass is 10.2. The molecule has 2 aromatic rings. The van der Waals surface area contributed by atoms with Crippen LogP contribution >= 0.6 is 0 Å². The molecule has 0 bridgehead atoms. The minimum atomic E-state index is -0.461. The van der Waals surface area contributed by atoms with Crippen LogP contribution < -0.4 is 5.32 Å². The number of nitrogens with one attached hydrogen (secondary N) is 2. The molecule has 1 heterocycles. The lowest BCUT2D eigenvalue weighted by Gasteiger charge is -2.04. The molecule has 7 nitrogen and oxygen atoms in total. The van der Waals surface area contributed by atoms with Crippen LogP contribution in [0.15, 0.2) is 30.5 Å². The number of H-pyrrole nitrogens is 1. The largest absolute Gasteiger partial charge is 0.348 e. The van der Waals surface area contributed by atoms with Gasteiger partial charge in [0.2, 0.25) is 0 Å². The first kappa shape index (κ1) is 12.7. The Kier molecular flexibility index (Phi) is 3.56. The molecule has 98 valence electrons. The zero-order chi connectivity index (χ0) is 13.8. The van der Waals surface area contributed by atoms with Gasteiger partial charge in [-0.25, -0.2) is 0 Å². The van der Waals surface area contributed by atoms with E-state index in [0.29, 0.717) is 17.8 Å². The maximum Gasteiger partial charge on any atom is 0.269 e. The first-order valence-electron chi connectivity index (χ1n) is 5.59. The van der Waals surface area contributed by atoms with Gasteiger partial charge in [0.05, 0.1) is 16.7 Å². The molecule has 0 fully saturated rings. The predicted molar refractivity (Wildman–Crippen MR) is 67.6 cm³/mol. The number of aromatic amines is 1. The molecule has 0 aliphatic heterocycles. The summed E-state index contributed by atoms with van der Waals surface area (Å²) >= 11 is 0. The summed E-state index contributed by atoms with van der Waals surface area (Å²) in [5.74, 6) is -0.232. The second-order valence-corrected chi connectivity index (χ2v) is 4.01. The van der Waals surface area contributed by atoms with Crippen LogP contribution in [-0.4, -0.2) is 21.0 Å². The average molecular weight is 260 g/mol. The third-order valence-electron chi connectivity index (χ3n) is 2.67. The minimum Gasteiger partial charge on any atom is -0.348 e. The van der Waals surface area contributed by atoms with Crippen molar-refractivity contribution in [2.75, 3.05) is 0 Å². The van der Waals surface area contributed by atoms with Crippen molar-refractivity contribution < 1.29 is 9.72 Å². The highest BCUT2D eigenvalue weighted by molar-refractivity contribution is 5.94. The van der Waals surface area contributed by atoms with E-state index in [1.165, 1.54) is 18.3 Å². The van der Waals surface area contributed by atoms with E-state index in [9.17, 15) is 14.9 Å². The second kappa shape index (κ2) is 5.30. The summed E-state index contributed by atoms with van der Waals surface area (Å²) in [4.78, 5) is 21.8. The molecule has 0 unspecified atom stereocenters. The number of nitro benzene ring substituents is 1.